The number of carboxylic acid groups (broad SMARTS) is 2. The van der Waals surface area contributed by atoms with E-state index in [1.165, 1.54) is 0 Å². The molecule has 0 spiro atoms. The fourth-order valence-electron chi connectivity index (χ4n) is 7.75. The van der Waals surface area contributed by atoms with E-state index in [4.69, 9.17) is 28.4 Å². The summed E-state index contributed by atoms with van der Waals surface area (Å²) in [4.78, 5) is 93.8. The van der Waals surface area contributed by atoms with Crippen LogP contribution in [0.3, 0.4) is 0 Å². The van der Waals surface area contributed by atoms with Gasteiger partial charge in [0.1, 0.15) is 12.7 Å². The van der Waals surface area contributed by atoms with Gasteiger partial charge in [-0.25, -0.2) is 24.0 Å². The number of hydrogen-bond acceptors (Lipinski definition) is 26. The molecule has 4 aromatic rings. The van der Waals surface area contributed by atoms with Crippen LogP contribution in [-0.4, -0.2) is 162 Å². The minimum atomic E-state index is -2.69. The average molecular weight is 973 g/mol. The van der Waals surface area contributed by atoms with Crippen molar-refractivity contribution in [3.63, 3.8) is 0 Å². The molecule has 7 rings (SSSR count). The van der Waals surface area contributed by atoms with E-state index in [1.54, 1.807) is 0 Å². The molecule has 3 aliphatic heterocycles. The highest BCUT2D eigenvalue weighted by atomic mass is 16.7. The van der Waals surface area contributed by atoms with Crippen LogP contribution in [0.4, 0.5) is 0 Å². The molecule has 7 unspecified atom stereocenters. The molecule has 2 bridgehead atoms. The van der Waals surface area contributed by atoms with Crippen molar-refractivity contribution in [2.24, 2.45) is 5.92 Å². The van der Waals surface area contributed by atoms with Crippen LogP contribution >= 0.6 is 0 Å². The number of carbonyl (C=O) groups excluding carboxylic acids is 5. The monoisotopic (exact) mass is 972 g/mol. The largest absolute Gasteiger partial charge is 0.504 e. The fraction of sp³-hybridized carbons (Fsp3) is 0.244. The normalized spacial score (nSPS) is 22.3. The van der Waals surface area contributed by atoms with E-state index < -0.39 is 211 Å². The first-order valence-corrected chi connectivity index (χ1v) is 19.2. The number of ether oxygens (including phenoxy) is 6. The van der Waals surface area contributed by atoms with E-state index in [0.29, 0.717) is 30.3 Å². The van der Waals surface area contributed by atoms with Crippen LogP contribution in [-0.2, 0) is 38.1 Å². The molecule has 0 amide bonds. The summed E-state index contributed by atoms with van der Waals surface area (Å²) in [5.41, 5.74) is -7.29. The minimum absolute atomic E-state index is 0.333. The Kier molecular flexibility index (Phi) is 12.2. The van der Waals surface area contributed by atoms with Gasteiger partial charge in [-0.3, -0.25) is 9.59 Å². The molecule has 15 N–H and O–H groups in total. The number of phenolic OH excluding ortho intramolecular Hbond substituents is 11. The number of aromatic hydroxyl groups is 11. The van der Waals surface area contributed by atoms with Crippen molar-refractivity contribution in [2.75, 3.05) is 6.61 Å². The Morgan fingerprint density at radius 2 is 1.20 bits per heavy atom. The molecule has 3 aliphatic rings. The summed E-state index contributed by atoms with van der Waals surface area (Å²) in [5.74, 6) is -33.0. The standard InChI is InChI=1S/C41H32O28/c42-13-1-8(2-14(43)24(13)49)36(59)69-41-31(56)34-32(66-39(62)12(6-19(47)48)22-23-9(35(57)58)3-17(46)27(52)33(23)67-40(63)30(22)55)18(65-41)7-64-37(60)10-4-15(44)25(50)28(53)20(10)21-11(38(61)68-34)5-16(45)26(51)29(21)54/h1-5,12,18,22,30-32,34,41-46,49-56H,6-7H2,(H,47,48)(H,57,58)/t12?,18?,22?,30-,31?,32?,34?,41?/m0/s1. The van der Waals surface area contributed by atoms with Crippen LogP contribution in [0.2, 0.25) is 0 Å². The second-order valence-electron chi connectivity index (χ2n) is 15.1. The summed E-state index contributed by atoms with van der Waals surface area (Å²) in [6.07, 6.45) is -16.8. The third-order valence-corrected chi connectivity index (χ3v) is 11.0. The lowest BCUT2D eigenvalue weighted by Crippen LogP contribution is -2.62. The number of esters is 5. The number of rotatable bonds is 8. The van der Waals surface area contributed by atoms with Gasteiger partial charge in [0.2, 0.25) is 23.5 Å². The second-order valence-corrected chi connectivity index (χ2v) is 15.1. The molecule has 69 heavy (non-hydrogen) atoms. The van der Waals surface area contributed by atoms with Crippen LogP contribution < -0.4 is 4.74 Å². The first-order valence-electron chi connectivity index (χ1n) is 19.2. The Morgan fingerprint density at radius 3 is 1.75 bits per heavy atom. The Balaban J connectivity index is 1.40. The van der Waals surface area contributed by atoms with Crippen LogP contribution in [0.5, 0.6) is 69.0 Å². The molecule has 1 fully saturated rings. The zero-order chi connectivity index (χ0) is 50.8. The van der Waals surface area contributed by atoms with E-state index >= 15 is 0 Å². The van der Waals surface area contributed by atoms with Gasteiger partial charge in [-0.15, -0.1) is 0 Å². The smallest absolute Gasteiger partial charge is 0.341 e. The van der Waals surface area contributed by atoms with Gasteiger partial charge < -0.3 is 105 Å². The zero-order valence-electron chi connectivity index (χ0n) is 33.9. The molecule has 0 saturated carbocycles. The van der Waals surface area contributed by atoms with Gasteiger partial charge in [-0.1, -0.05) is 0 Å². The molecule has 1 saturated heterocycles. The third-order valence-electron chi connectivity index (χ3n) is 11.0. The Labute approximate surface area is 380 Å². The predicted octanol–water partition coefficient (Wildman–Crippen LogP) is -0.482. The minimum Gasteiger partial charge on any atom is -0.504 e. The number of benzene rings is 4. The molecule has 4 aromatic carbocycles. The van der Waals surface area contributed by atoms with E-state index in [0.717, 1.165) is 0 Å². The molecule has 8 atom stereocenters. The van der Waals surface area contributed by atoms with Gasteiger partial charge in [0.25, 0.3) is 0 Å². The molecule has 28 nitrogen and oxygen atoms in total. The molecule has 0 aromatic heterocycles. The van der Waals surface area contributed by atoms with Crippen molar-refractivity contribution in [3.05, 3.63) is 58.1 Å². The summed E-state index contributed by atoms with van der Waals surface area (Å²) in [6.45, 7) is -1.37. The van der Waals surface area contributed by atoms with Crippen molar-refractivity contribution in [1.82, 2.24) is 0 Å². The highest BCUT2D eigenvalue weighted by molar-refractivity contribution is 6.08. The van der Waals surface area contributed by atoms with Gasteiger partial charge in [0.15, 0.2) is 76.2 Å². The van der Waals surface area contributed by atoms with Gasteiger partial charge in [-0.05, 0) is 30.3 Å². The number of aliphatic hydroxyl groups excluding tert-OH is 2. The van der Waals surface area contributed by atoms with E-state index in [9.17, 15) is 110 Å². The van der Waals surface area contributed by atoms with Crippen LogP contribution in [0.15, 0.2) is 30.3 Å². The van der Waals surface area contributed by atoms with Crippen LogP contribution in [0.1, 0.15) is 59.3 Å². The third kappa shape index (κ3) is 8.25. The predicted molar refractivity (Wildman–Crippen MR) is 210 cm³/mol. The molecule has 364 valence electrons. The molecular weight excluding hydrogens is 940 g/mol. The molecule has 28 heteroatoms. The summed E-state index contributed by atoms with van der Waals surface area (Å²) in [7, 11) is 0. The van der Waals surface area contributed by atoms with Crippen LogP contribution in [0.25, 0.3) is 11.1 Å². The number of phenols is 11. The first kappa shape index (κ1) is 47.8. The maximum atomic E-state index is 14.5. The molecular formula is C41H32O28. The first-order chi connectivity index (χ1) is 32.3. The van der Waals surface area contributed by atoms with Gasteiger partial charge >= 0.3 is 41.8 Å². The number of aliphatic carboxylic acids is 1. The quantitative estimate of drug-likeness (QED) is 0.0459. The maximum absolute atomic E-state index is 14.5. The summed E-state index contributed by atoms with van der Waals surface area (Å²) in [6, 6.07) is 2.24. The number of fused-ring (bicyclic) bond motifs is 6. The summed E-state index contributed by atoms with van der Waals surface area (Å²) >= 11 is 0. The Hall–Kier alpha value is -9.15. The maximum Gasteiger partial charge on any atom is 0.341 e. The number of carbonyl (C=O) groups is 7. The number of hydrogen-bond donors (Lipinski definition) is 15. The van der Waals surface area contributed by atoms with Crippen LogP contribution in [0, 0.1) is 5.92 Å². The van der Waals surface area contributed by atoms with Gasteiger partial charge in [-0.2, -0.15) is 0 Å². The Bertz CT molecular complexity index is 2880. The van der Waals surface area contributed by atoms with E-state index in [-0.39, 0.29) is 0 Å². The molecule has 0 aliphatic carbocycles. The lowest BCUT2D eigenvalue weighted by atomic mass is 9.76. The van der Waals surface area contributed by atoms with Crippen molar-refractivity contribution >= 4 is 41.8 Å². The highest BCUT2D eigenvalue weighted by Crippen LogP contribution is 2.54. The van der Waals surface area contributed by atoms with E-state index in [1.807, 2.05) is 0 Å². The lowest BCUT2D eigenvalue weighted by molar-refractivity contribution is -0.288. The van der Waals surface area contributed by atoms with Crippen molar-refractivity contribution < 1.29 is 139 Å². The summed E-state index contributed by atoms with van der Waals surface area (Å²) < 4.78 is 32.1. The van der Waals surface area contributed by atoms with Gasteiger partial charge in [0, 0.05) is 22.6 Å². The SMILES string of the molecule is O=C(O)CC(C(=O)OC1C2COC(=O)c3cc(O)c(O)c(O)c3-c3c(cc(O)c(O)c3O)C(=O)OC1C(O)C(OC(=O)c1cc(O)c(O)c(O)c1)O2)C1c2c(C(=O)O)cc(O)c(O)c2OC(=O)[C@H]1O. The Morgan fingerprint density at radius 1 is 0.667 bits per heavy atom. The highest BCUT2D eigenvalue weighted by Gasteiger charge is 2.55. The number of aliphatic hydroxyl groups is 2. The van der Waals surface area contributed by atoms with Crippen molar-refractivity contribution in [1.29, 1.82) is 0 Å². The van der Waals surface area contributed by atoms with Crippen molar-refractivity contribution in [2.45, 2.75) is 49.1 Å². The van der Waals surface area contributed by atoms with Crippen molar-refractivity contribution in [3.8, 4) is 80.1 Å². The number of aromatic carboxylic acids is 1. The fourth-order valence-corrected chi connectivity index (χ4v) is 7.75. The van der Waals surface area contributed by atoms with Gasteiger partial charge in [0.05, 0.1) is 34.6 Å². The topological polar surface area (TPSA) is 478 Å². The average Bonchev–Trinajstić information content (AvgIpc) is 3.28. The van der Waals surface area contributed by atoms with E-state index in [2.05, 4.69) is 0 Å². The zero-order valence-corrected chi connectivity index (χ0v) is 33.9. The summed E-state index contributed by atoms with van der Waals surface area (Å²) in [5, 5.41) is 157. The second kappa shape index (κ2) is 17.6. The lowest BCUT2D eigenvalue weighted by Gasteiger charge is -2.43. The number of cyclic esters (lactones) is 1. The molecule has 0 radical (unpaired) electrons. The molecule has 3 heterocycles. The number of carboxylic acids is 2.